The van der Waals surface area contributed by atoms with Crippen molar-refractivity contribution < 1.29 is 13.2 Å². The Hall–Kier alpha value is -1.91. The fraction of sp³-hybridized carbons (Fsp3) is 0.444. The summed E-state index contributed by atoms with van der Waals surface area (Å²) >= 11 is 3.36. The number of benzene rings is 1. The number of nitrogens with zero attached hydrogens (tertiary/aromatic N) is 5. The van der Waals surface area contributed by atoms with Crippen molar-refractivity contribution in [1.82, 2.24) is 14.5 Å². The maximum Gasteiger partial charge on any atom is 0.246 e. The van der Waals surface area contributed by atoms with E-state index in [1.54, 1.807) is 24.4 Å². The van der Waals surface area contributed by atoms with E-state index >= 15 is 0 Å². The van der Waals surface area contributed by atoms with Crippen molar-refractivity contribution in [2.45, 2.75) is 11.8 Å². The molecule has 152 valence electrons. The van der Waals surface area contributed by atoms with E-state index in [-0.39, 0.29) is 4.90 Å². The average molecular weight is 470 g/mol. The zero-order valence-electron chi connectivity index (χ0n) is 16.2. The van der Waals surface area contributed by atoms with E-state index in [9.17, 15) is 8.42 Å². The first-order valence-electron chi connectivity index (χ1n) is 9.00. The SMILES string of the molecule is CCOc1ccc(Br)cc1S(=O)(=O)N1CCN(c2cc(N(C)C)cnn2)CC1. The van der Waals surface area contributed by atoms with Crippen LogP contribution in [0, 0.1) is 0 Å². The van der Waals surface area contributed by atoms with Gasteiger partial charge in [0.25, 0.3) is 0 Å². The van der Waals surface area contributed by atoms with Crippen LogP contribution in [-0.2, 0) is 10.0 Å². The van der Waals surface area contributed by atoms with Gasteiger partial charge in [-0.3, -0.25) is 0 Å². The van der Waals surface area contributed by atoms with Crippen LogP contribution in [0.2, 0.25) is 0 Å². The van der Waals surface area contributed by atoms with Crippen LogP contribution in [0.4, 0.5) is 11.5 Å². The Kier molecular flexibility index (Phi) is 6.41. The summed E-state index contributed by atoms with van der Waals surface area (Å²) in [5.41, 5.74) is 0.954. The fourth-order valence-corrected chi connectivity index (χ4v) is 5.09. The minimum absolute atomic E-state index is 0.187. The molecule has 28 heavy (non-hydrogen) atoms. The van der Waals surface area contributed by atoms with Crippen molar-refractivity contribution >= 4 is 37.5 Å². The highest BCUT2D eigenvalue weighted by atomic mass is 79.9. The lowest BCUT2D eigenvalue weighted by molar-refractivity contribution is 0.327. The molecule has 0 unspecified atom stereocenters. The molecule has 1 aromatic carbocycles. The number of anilines is 2. The van der Waals surface area contributed by atoms with Gasteiger partial charge in [-0.2, -0.15) is 9.40 Å². The van der Waals surface area contributed by atoms with Gasteiger partial charge in [0.2, 0.25) is 10.0 Å². The number of hydrogen-bond donors (Lipinski definition) is 0. The molecule has 8 nitrogen and oxygen atoms in total. The Morgan fingerprint density at radius 2 is 1.89 bits per heavy atom. The molecular weight excluding hydrogens is 446 g/mol. The summed E-state index contributed by atoms with van der Waals surface area (Å²) < 4.78 is 34.1. The monoisotopic (exact) mass is 469 g/mol. The Morgan fingerprint density at radius 1 is 1.18 bits per heavy atom. The summed E-state index contributed by atoms with van der Waals surface area (Å²) in [5.74, 6) is 1.12. The molecule has 2 heterocycles. The van der Waals surface area contributed by atoms with E-state index in [2.05, 4.69) is 31.0 Å². The van der Waals surface area contributed by atoms with Gasteiger partial charge in [0.15, 0.2) is 5.82 Å². The molecule has 2 aromatic rings. The summed E-state index contributed by atoms with van der Waals surface area (Å²) in [7, 11) is 0.230. The smallest absolute Gasteiger partial charge is 0.246 e. The van der Waals surface area contributed by atoms with Gasteiger partial charge in [-0.15, -0.1) is 5.10 Å². The van der Waals surface area contributed by atoms with Gasteiger partial charge in [-0.05, 0) is 25.1 Å². The van der Waals surface area contributed by atoms with Crippen LogP contribution in [0.1, 0.15) is 6.92 Å². The van der Waals surface area contributed by atoms with E-state index in [1.807, 2.05) is 32.0 Å². The minimum atomic E-state index is -3.66. The molecule has 1 aliphatic heterocycles. The second kappa shape index (κ2) is 8.62. The third-order valence-corrected chi connectivity index (χ3v) is 6.94. The molecule has 1 aliphatic rings. The molecular formula is C18H24BrN5O3S. The molecule has 0 saturated carbocycles. The van der Waals surface area contributed by atoms with Crippen LogP contribution in [0.3, 0.4) is 0 Å². The van der Waals surface area contributed by atoms with Crippen LogP contribution < -0.4 is 14.5 Å². The van der Waals surface area contributed by atoms with E-state index < -0.39 is 10.0 Å². The second-order valence-electron chi connectivity index (χ2n) is 6.58. The number of hydrogen-bond acceptors (Lipinski definition) is 7. The highest BCUT2D eigenvalue weighted by molar-refractivity contribution is 9.10. The molecule has 0 aliphatic carbocycles. The first-order valence-corrected chi connectivity index (χ1v) is 11.2. The van der Waals surface area contributed by atoms with Crippen LogP contribution >= 0.6 is 15.9 Å². The van der Waals surface area contributed by atoms with Crippen LogP contribution in [0.15, 0.2) is 39.8 Å². The highest BCUT2D eigenvalue weighted by Crippen LogP contribution is 2.31. The van der Waals surface area contributed by atoms with E-state index in [4.69, 9.17) is 4.74 Å². The number of rotatable bonds is 6. The number of halogens is 1. The number of piperazine rings is 1. The van der Waals surface area contributed by atoms with Crippen molar-refractivity contribution in [3.05, 3.63) is 34.9 Å². The lowest BCUT2D eigenvalue weighted by atomic mass is 10.3. The van der Waals surface area contributed by atoms with Crippen molar-refractivity contribution in [3.8, 4) is 5.75 Å². The zero-order chi connectivity index (χ0) is 20.3. The highest BCUT2D eigenvalue weighted by Gasteiger charge is 2.31. The summed E-state index contributed by atoms with van der Waals surface area (Å²) in [4.78, 5) is 4.20. The third-order valence-electron chi connectivity index (χ3n) is 4.53. The molecule has 0 radical (unpaired) electrons. The number of aromatic nitrogens is 2. The molecule has 10 heteroatoms. The summed E-state index contributed by atoms with van der Waals surface area (Å²) in [6, 6.07) is 7.01. The molecule has 0 atom stereocenters. The minimum Gasteiger partial charge on any atom is -0.492 e. The van der Waals surface area contributed by atoms with Crippen molar-refractivity contribution in [1.29, 1.82) is 0 Å². The van der Waals surface area contributed by atoms with Gasteiger partial charge < -0.3 is 14.5 Å². The molecule has 1 saturated heterocycles. The maximum atomic E-state index is 13.2. The Labute approximate surface area is 174 Å². The largest absolute Gasteiger partial charge is 0.492 e. The predicted molar refractivity (Wildman–Crippen MR) is 113 cm³/mol. The van der Waals surface area contributed by atoms with E-state index in [0.717, 1.165) is 11.5 Å². The van der Waals surface area contributed by atoms with Crippen LogP contribution in [0.5, 0.6) is 5.75 Å². The van der Waals surface area contributed by atoms with Crippen molar-refractivity contribution in [3.63, 3.8) is 0 Å². The lowest BCUT2D eigenvalue weighted by Gasteiger charge is -2.34. The average Bonchev–Trinajstić information content (AvgIpc) is 2.69. The maximum absolute atomic E-state index is 13.2. The molecule has 0 bridgehead atoms. The van der Waals surface area contributed by atoms with Gasteiger partial charge in [0.1, 0.15) is 10.6 Å². The van der Waals surface area contributed by atoms with Gasteiger partial charge in [0, 0.05) is 50.8 Å². The summed E-state index contributed by atoms with van der Waals surface area (Å²) in [6.45, 7) is 4.06. The zero-order valence-corrected chi connectivity index (χ0v) is 18.6. The first kappa shape index (κ1) is 20.8. The topological polar surface area (TPSA) is 78.9 Å². The number of ether oxygens (including phenoxy) is 1. The molecule has 3 rings (SSSR count). The molecule has 1 aromatic heterocycles. The summed E-state index contributed by atoms with van der Waals surface area (Å²) in [6.07, 6.45) is 1.70. The molecule has 0 amide bonds. The lowest BCUT2D eigenvalue weighted by Crippen LogP contribution is -2.49. The second-order valence-corrected chi connectivity index (χ2v) is 9.40. The van der Waals surface area contributed by atoms with Crippen molar-refractivity contribution in [2.75, 3.05) is 56.7 Å². The third kappa shape index (κ3) is 4.39. The first-order chi connectivity index (χ1) is 13.3. The molecule has 1 fully saturated rings. The van der Waals surface area contributed by atoms with Gasteiger partial charge in [0.05, 0.1) is 18.5 Å². The standard InChI is InChI=1S/C18H24BrN5O3S/c1-4-27-16-6-5-14(19)11-17(16)28(25,26)24-9-7-23(8-10-24)18-12-15(22(2)3)13-20-21-18/h5-6,11-13H,4,7-10H2,1-3H3. The van der Waals surface area contributed by atoms with Gasteiger partial charge in [-0.1, -0.05) is 15.9 Å². The Balaban J connectivity index is 1.77. The van der Waals surface area contributed by atoms with Crippen LogP contribution in [0.25, 0.3) is 0 Å². The van der Waals surface area contributed by atoms with Crippen molar-refractivity contribution in [2.24, 2.45) is 0 Å². The predicted octanol–water partition coefficient (Wildman–Crippen LogP) is 2.21. The number of sulfonamides is 1. The molecule has 0 spiro atoms. The quantitative estimate of drug-likeness (QED) is 0.641. The molecule has 0 N–H and O–H groups in total. The van der Waals surface area contributed by atoms with Gasteiger partial charge in [-0.25, -0.2) is 8.42 Å². The normalized spacial score (nSPS) is 15.5. The fourth-order valence-electron chi connectivity index (χ4n) is 3.00. The van der Waals surface area contributed by atoms with Crippen LogP contribution in [-0.4, -0.2) is 69.8 Å². The Morgan fingerprint density at radius 3 is 2.54 bits per heavy atom. The van der Waals surface area contributed by atoms with Gasteiger partial charge >= 0.3 is 0 Å². The van der Waals surface area contributed by atoms with E-state index in [1.165, 1.54) is 4.31 Å². The Bertz CT molecular complexity index is 931. The summed E-state index contributed by atoms with van der Waals surface area (Å²) in [5, 5.41) is 8.25. The van der Waals surface area contributed by atoms with E-state index in [0.29, 0.717) is 43.0 Å².